The summed E-state index contributed by atoms with van der Waals surface area (Å²) in [6.45, 7) is 1.16. The predicted octanol–water partition coefficient (Wildman–Crippen LogP) is 1.75. The maximum atomic E-state index is 12.6. The second-order valence-electron chi connectivity index (χ2n) is 4.34. The first-order valence-electron chi connectivity index (χ1n) is 5.68. The van der Waals surface area contributed by atoms with Crippen molar-refractivity contribution in [2.75, 3.05) is 18.0 Å². The average molecular weight is 269 g/mol. The number of hydrogen-bond acceptors (Lipinski definition) is 4. The van der Waals surface area contributed by atoms with Crippen LogP contribution in [0.3, 0.4) is 0 Å². The van der Waals surface area contributed by atoms with E-state index in [9.17, 15) is 13.2 Å². The first kappa shape index (κ1) is 11.9. The molecule has 0 atom stereocenters. The van der Waals surface area contributed by atoms with E-state index in [1.54, 1.807) is 22.0 Å². The van der Waals surface area contributed by atoms with E-state index in [2.05, 4.69) is 15.3 Å². The molecule has 1 fully saturated rings. The van der Waals surface area contributed by atoms with Gasteiger partial charge in [0.15, 0.2) is 0 Å². The minimum absolute atomic E-state index is 0.138. The molecule has 0 aromatic carbocycles. The third-order valence-electron chi connectivity index (χ3n) is 3.07. The molecule has 8 heteroatoms. The fraction of sp³-hybridized carbons (Fsp3) is 0.364. The molecule has 2 aromatic rings. The Morgan fingerprint density at radius 3 is 2.63 bits per heavy atom. The van der Waals surface area contributed by atoms with Crippen molar-refractivity contribution in [1.29, 1.82) is 0 Å². The van der Waals surface area contributed by atoms with Gasteiger partial charge in [0.25, 0.3) is 0 Å². The molecule has 100 valence electrons. The maximum absolute atomic E-state index is 12.6. The Kier molecular flexibility index (Phi) is 2.65. The molecule has 0 spiro atoms. The number of halogens is 3. The van der Waals surface area contributed by atoms with Crippen molar-refractivity contribution in [3.05, 3.63) is 36.3 Å². The summed E-state index contributed by atoms with van der Waals surface area (Å²) in [5, 5.41) is 7.56. The van der Waals surface area contributed by atoms with Crippen LogP contribution in [0.15, 0.2) is 30.7 Å². The lowest BCUT2D eigenvalue weighted by molar-refractivity contribution is -0.137. The molecule has 0 N–H and O–H groups in total. The molecule has 19 heavy (non-hydrogen) atoms. The number of aromatic nitrogens is 4. The first-order chi connectivity index (χ1) is 9.04. The van der Waals surface area contributed by atoms with Crippen molar-refractivity contribution in [2.45, 2.75) is 12.2 Å². The van der Waals surface area contributed by atoms with Crippen molar-refractivity contribution in [3.63, 3.8) is 0 Å². The second-order valence-corrected chi connectivity index (χ2v) is 4.34. The van der Waals surface area contributed by atoms with E-state index in [4.69, 9.17) is 0 Å². The smallest absolute Gasteiger partial charge is 0.352 e. The molecule has 0 amide bonds. The molecular formula is C11H10F3N5. The van der Waals surface area contributed by atoms with Gasteiger partial charge in [-0.05, 0) is 12.1 Å². The normalized spacial score (nSPS) is 16.5. The Balaban J connectivity index is 1.72. The van der Waals surface area contributed by atoms with Crippen molar-refractivity contribution >= 4 is 5.82 Å². The number of pyridine rings is 1. The quantitative estimate of drug-likeness (QED) is 0.833. The van der Waals surface area contributed by atoms with E-state index < -0.39 is 11.7 Å². The number of hydrogen-bond donors (Lipinski definition) is 0. The third-order valence-corrected chi connectivity index (χ3v) is 3.07. The fourth-order valence-corrected chi connectivity index (χ4v) is 1.99. The highest BCUT2D eigenvalue weighted by Crippen LogP contribution is 2.32. The zero-order valence-corrected chi connectivity index (χ0v) is 9.75. The summed E-state index contributed by atoms with van der Waals surface area (Å²) in [6.07, 6.45) is 0.154. The Hall–Kier alpha value is -2.12. The fourth-order valence-electron chi connectivity index (χ4n) is 1.99. The molecule has 2 aromatic heterocycles. The van der Waals surface area contributed by atoms with Crippen molar-refractivity contribution in [3.8, 4) is 0 Å². The summed E-state index contributed by atoms with van der Waals surface area (Å²) in [7, 11) is 0. The van der Waals surface area contributed by atoms with E-state index in [1.807, 2.05) is 0 Å². The number of anilines is 1. The van der Waals surface area contributed by atoms with Crippen LogP contribution in [0.25, 0.3) is 0 Å². The van der Waals surface area contributed by atoms with Gasteiger partial charge in [0.1, 0.15) is 5.82 Å². The topological polar surface area (TPSA) is 46.8 Å². The standard InChI is InChI=1S/C11H10F3N5/c12-11(13,14)8-1-2-15-10(5-8)18-6-9(7-18)19-4-3-16-17-19/h1-5,9H,6-7H2. The number of alkyl halides is 3. The van der Waals surface area contributed by atoms with E-state index in [1.165, 1.54) is 6.20 Å². The van der Waals surface area contributed by atoms with Crippen LogP contribution in [0.5, 0.6) is 0 Å². The maximum Gasteiger partial charge on any atom is 0.416 e. The summed E-state index contributed by atoms with van der Waals surface area (Å²) in [4.78, 5) is 5.75. The van der Waals surface area contributed by atoms with Crippen LogP contribution in [-0.4, -0.2) is 33.1 Å². The molecule has 0 bridgehead atoms. The molecule has 1 aliphatic rings. The summed E-state index contributed by atoms with van der Waals surface area (Å²) in [5.41, 5.74) is -0.679. The monoisotopic (exact) mass is 269 g/mol. The summed E-state index contributed by atoms with van der Waals surface area (Å²) < 4.78 is 39.5. The van der Waals surface area contributed by atoms with Gasteiger partial charge in [-0.1, -0.05) is 5.21 Å². The zero-order chi connectivity index (χ0) is 13.5. The van der Waals surface area contributed by atoms with Crippen molar-refractivity contribution in [2.24, 2.45) is 0 Å². The van der Waals surface area contributed by atoms with Crippen LogP contribution in [-0.2, 0) is 6.18 Å². The second kappa shape index (κ2) is 4.22. The third kappa shape index (κ3) is 2.25. The van der Waals surface area contributed by atoms with Crippen molar-refractivity contribution < 1.29 is 13.2 Å². The highest BCUT2D eigenvalue weighted by Gasteiger charge is 2.34. The molecule has 3 rings (SSSR count). The van der Waals surface area contributed by atoms with Gasteiger partial charge in [-0.15, -0.1) is 5.10 Å². The largest absolute Gasteiger partial charge is 0.416 e. The van der Waals surface area contributed by atoms with E-state index in [0.29, 0.717) is 18.9 Å². The SMILES string of the molecule is FC(F)(F)c1ccnc(N2CC(n3ccnn3)C2)c1. The van der Waals surface area contributed by atoms with Gasteiger partial charge in [-0.25, -0.2) is 9.67 Å². The van der Waals surface area contributed by atoms with Gasteiger partial charge >= 0.3 is 6.18 Å². The van der Waals surface area contributed by atoms with Gasteiger partial charge < -0.3 is 4.90 Å². The first-order valence-corrected chi connectivity index (χ1v) is 5.68. The minimum Gasteiger partial charge on any atom is -0.352 e. The van der Waals surface area contributed by atoms with Crippen LogP contribution in [0.1, 0.15) is 11.6 Å². The highest BCUT2D eigenvalue weighted by molar-refractivity contribution is 5.44. The van der Waals surface area contributed by atoms with Crippen LogP contribution < -0.4 is 4.90 Å². The lowest BCUT2D eigenvalue weighted by Crippen LogP contribution is -2.48. The van der Waals surface area contributed by atoms with Crippen LogP contribution >= 0.6 is 0 Å². The molecule has 0 radical (unpaired) electrons. The Bertz CT molecular complexity index is 560. The average Bonchev–Trinajstić information content (AvgIpc) is 2.80. The van der Waals surface area contributed by atoms with Crippen LogP contribution in [0.2, 0.25) is 0 Å². The Morgan fingerprint density at radius 2 is 2.00 bits per heavy atom. The Morgan fingerprint density at radius 1 is 1.21 bits per heavy atom. The van der Waals surface area contributed by atoms with E-state index in [0.717, 1.165) is 12.1 Å². The highest BCUT2D eigenvalue weighted by atomic mass is 19.4. The molecule has 0 unspecified atom stereocenters. The number of rotatable bonds is 2. The zero-order valence-electron chi connectivity index (χ0n) is 9.75. The van der Waals surface area contributed by atoms with E-state index >= 15 is 0 Å². The molecule has 5 nitrogen and oxygen atoms in total. The number of nitrogens with zero attached hydrogens (tertiary/aromatic N) is 5. The van der Waals surface area contributed by atoms with E-state index in [-0.39, 0.29) is 6.04 Å². The van der Waals surface area contributed by atoms with Gasteiger partial charge in [0.05, 0.1) is 17.8 Å². The molecular weight excluding hydrogens is 259 g/mol. The Labute approximate surface area is 106 Å². The van der Waals surface area contributed by atoms with Crippen molar-refractivity contribution in [1.82, 2.24) is 20.0 Å². The molecule has 1 aliphatic heterocycles. The molecule has 0 saturated carbocycles. The van der Waals surface area contributed by atoms with Gasteiger partial charge in [0.2, 0.25) is 0 Å². The molecule has 1 saturated heterocycles. The van der Waals surface area contributed by atoms with Crippen LogP contribution in [0, 0.1) is 0 Å². The predicted molar refractivity (Wildman–Crippen MR) is 60.5 cm³/mol. The molecule has 0 aliphatic carbocycles. The lowest BCUT2D eigenvalue weighted by atomic mass is 10.1. The van der Waals surface area contributed by atoms with Gasteiger partial charge in [-0.3, -0.25) is 0 Å². The minimum atomic E-state index is -4.34. The van der Waals surface area contributed by atoms with Gasteiger partial charge in [0, 0.05) is 25.5 Å². The van der Waals surface area contributed by atoms with Gasteiger partial charge in [-0.2, -0.15) is 13.2 Å². The summed E-state index contributed by atoms with van der Waals surface area (Å²) in [5.74, 6) is 0.339. The summed E-state index contributed by atoms with van der Waals surface area (Å²) >= 11 is 0. The molecule has 3 heterocycles. The summed E-state index contributed by atoms with van der Waals surface area (Å²) in [6, 6.07) is 2.18. The van der Waals surface area contributed by atoms with Crippen LogP contribution in [0.4, 0.5) is 19.0 Å². The lowest BCUT2D eigenvalue weighted by Gasteiger charge is -2.39.